The van der Waals surface area contributed by atoms with Crippen molar-refractivity contribution in [2.24, 2.45) is 0 Å². The van der Waals surface area contributed by atoms with Gasteiger partial charge in [-0.15, -0.1) is 0 Å². The average Bonchev–Trinajstić information content (AvgIpc) is 2.73. The van der Waals surface area contributed by atoms with Gasteiger partial charge in [-0.3, -0.25) is 9.59 Å². The van der Waals surface area contributed by atoms with Crippen LogP contribution in [0.15, 0.2) is 75.9 Å². The van der Waals surface area contributed by atoms with Gasteiger partial charge in [0.2, 0.25) is 0 Å². The molecule has 0 spiro atoms. The van der Waals surface area contributed by atoms with Crippen molar-refractivity contribution in [1.29, 1.82) is 0 Å². The lowest BCUT2D eigenvalue weighted by Crippen LogP contribution is -2.22. The van der Waals surface area contributed by atoms with Crippen molar-refractivity contribution >= 4 is 16.9 Å². The summed E-state index contributed by atoms with van der Waals surface area (Å²) in [5, 5.41) is 20.0. The maximum absolute atomic E-state index is 12.9. The number of hydrogen-bond donors (Lipinski definition) is 2. The average molecular weight is 400 g/mol. The second-order valence-electron chi connectivity index (χ2n) is 7.17. The van der Waals surface area contributed by atoms with E-state index < -0.39 is 11.4 Å². The largest absolute Gasteiger partial charge is 0.508 e. The maximum atomic E-state index is 12.9. The summed E-state index contributed by atoms with van der Waals surface area (Å²) < 4.78 is 11.5. The minimum Gasteiger partial charge on any atom is -0.508 e. The zero-order chi connectivity index (χ0) is 20.8. The Morgan fingerprint density at radius 1 is 0.900 bits per heavy atom. The van der Waals surface area contributed by atoms with Crippen LogP contribution in [0.5, 0.6) is 17.2 Å². The minimum atomic E-state index is -0.424. The molecule has 3 aromatic carbocycles. The molecule has 30 heavy (non-hydrogen) atoms. The van der Waals surface area contributed by atoms with E-state index in [4.69, 9.17) is 9.15 Å². The standard InChI is InChI=1S/C24H16O6/c25-15-8-6-14(7-9-15)19-11-17(26)23-18(27)12-20-22(24(23)30-19)16(10-21(28)29-20)13-4-2-1-3-5-13/h1-9,11-12,16,25,27H,10H2/t16-/m1/s1. The monoisotopic (exact) mass is 400 g/mol. The molecule has 1 aliphatic rings. The Morgan fingerprint density at radius 2 is 1.63 bits per heavy atom. The fourth-order valence-corrected chi connectivity index (χ4v) is 3.90. The molecule has 0 aliphatic carbocycles. The predicted molar refractivity (Wildman–Crippen MR) is 110 cm³/mol. The van der Waals surface area contributed by atoms with E-state index in [9.17, 15) is 19.8 Å². The number of ether oxygens (including phenoxy) is 1. The van der Waals surface area contributed by atoms with Crippen molar-refractivity contribution in [3.8, 4) is 28.6 Å². The highest BCUT2D eigenvalue weighted by Gasteiger charge is 2.33. The number of phenols is 2. The Morgan fingerprint density at radius 3 is 2.37 bits per heavy atom. The number of benzene rings is 3. The zero-order valence-electron chi connectivity index (χ0n) is 15.7. The van der Waals surface area contributed by atoms with Crippen LogP contribution in [-0.2, 0) is 4.79 Å². The van der Waals surface area contributed by atoms with Crippen LogP contribution < -0.4 is 10.2 Å². The molecule has 0 fully saturated rings. The highest BCUT2D eigenvalue weighted by Crippen LogP contribution is 2.45. The summed E-state index contributed by atoms with van der Waals surface area (Å²) in [7, 11) is 0. The normalized spacial score (nSPS) is 15.6. The smallest absolute Gasteiger partial charge is 0.312 e. The van der Waals surface area contributed by atoms with Gasteiger partial charge < -0.3 is 19.4 Å². The van der Waals surface area contributed by atoms with Gasteiger partial charge in [0.15, 0.2) is 5.43 Å². The van der Waals surface area contributed by atoms with E-state index in [2.05, 4.69) is 0 Å². The van der Waals surface area contributed by atoms with Crippen LogP contribution in [0.25, 0.3) is 22.3 Å². The van der Waals surface area contributed by atoms with Crippen LogP contribution in [0.2, 0.25) is 0 Å². The van der Waals surface area contributed by atoms with Gasteiger partial charge in [0, 0.05) is 29.2 Å². The first kappa shape index (κ1) is 18.0. The van der Waals surface area contributed by atoms with E-state index in [0.717, 1.165) is 5.56 Å². The Labute approximate surface area is 170 Å². The fourth-order valence-electron chi connectivity index (χ4n) is 3.90. The van der Waals surface area contributed by atoms with Crippen molar-refractivity contribution in [2.75, 3.05) is 0 Å². The Kier molecular flexibility index (Phi) is 4.06. The first-order valence-corrected chi connectivity index (χ1v) is 9.40. The number of esters is 1. The molecule has 6 nitrogen and oxygen atoms in total. The van der Waals surface area contributed by atoms with Crippen LogP contribution >= 0.6 is 0 Å². The van der Waals surface area contributed by atoms with Gasteiger partial charge >= 0.3 is 5.97 Å². The summed E-state index contributed by atoms with van der Waals surface area (Å²) in [6, 6.07) is 18.2. The third-order valence-corrected chi connectivity index (χ3v) is 5.28. The molecule has 1 aromatic heterocycles. The van der Waals surface area contributed by atoms with Crippen LogP contribution in [0.3, 0.4) is 0 Å². The molecule has 0 radical (unpaired) electrons. The summed E-state index contributed by atoms with van der Waals surface area (Å²) in [5.74, 6) is -0.569. The summed E-state index contributed by atoms with van der Waals surface area (Å²) in [4.78, 5) is 25.1. The molecule has 6 heteroatoms. The molecule has 0 unspecified atom stereocenters. The van der Waals surface area contributed by atoms with E-state index in [0.29, 0.717) is 11.1 Å². The van der Waals surface area contributed by atoms with E-state index in [1.807, 2.05) is 30.3 Å². The molecule has 148 valence electrons. The number of hydrogen-bond acceptors (Lipinski definition) is 6. The molecule has 0 saturated carbocycles. The van der Waals surface area contributed by atoms with Crippen LogP contribution in [-0.4, -0.2) is 16.2 Å². The summed E-state index contributed by atoms with van der Waals surface area (Å²) in [5.41, 5.74) is 1.78. The van der Waals surface area contributed by atoms with E-state index in [1.54, 1.807) is 12.1 Å². The van der Waals surface area contributed by atoms with Gasteiger partial charge in [0.25, 0.3) is 0 Å². The number of carbonyl (C=O) groups is 1. The van der Waals surface area contributed by atoms with Crippen molar-refractivity contribution in [3.05, 3.63) is 88.1 Å². The molecule has 2 heterocycles. The zero-order valence-corrected chi connectivity index (χ0v) is 15.7. The van der Waals surface area contributed by atoms with Crippen molar-refractivity contribution in [2.45, 2.75) is 12.3 Å². The molecule has 1 atom stereocenters. The summed E-state index contributed by atoms with van der Waals surface area (Å²) >= 11 is 0. The Balaban J connectivity index is 1.83. The van der Waals surface area contributed by atoms with Crippen LogP contribution in [0, 0.1) is 0 Å². The summed E-state index contributed by atoms with van der Waals surface area (Å²) in [6.45, 7) is 0. The first-order chi connectivity index (χ1) is 14.5. The third kappa shape index (κ3) is 2.90. The number of carbonyl (C=O) groups excluding carboxylic acids is 1. The molecular formula is C24H16O6. The van der Waals surface area contributed by atoms with Gasteiger partial charge in [-0.1, -0.05) is 30.3 Å². The quantitative estimate of drug-likeness (QED) is 0.384. The van der Waals surface area contributed by atoms with Gasteiger partial charge in [-0.2, -0.15) is 0 Å². The van der Waals surface area contributed by atoms with Crippen LogP contribution in [0.4, 0.5) is 0 Å². The first-order valence-electron chi connectivity index (χ1n) is 9.40. The maximum Gasteiger partial charge on any atom is 0.312 e. The second kappa shape index (κ2) is 6.77. The topological polar surface area (TPSA) is 97.0 Å². The van der Waals surface area contributed by atoms with Crippen LogP contribution in [0.1, 0.15) is 23.5 Å². The number of rotatable bonds is 2. The van der Waals surface area contributed by atoms with E-state index in [-0.39, 0.29) is 46.3 Å². The molecule has 2 N–H and O–H groups in total. The predicted octanol–water partition coefficient (Wildman–Crippen LogP) is 4.31. The van der Waals surface area contributed by atoms with Gasteiger partial charge in [0.05, 0.1) is 6.42 Å². The molecule has 5 rings (SSSR count). The van der Waals surface area contributed by atoms with Gasteiger partial charge in [-0.05, 0) is 29.8 Å². The molecule has 0 bridgehead atoms. The highest BCUT2D eigenvalue weighted by atomic mass is 16.5. The second-order valence-corrected chi connectivity index (χ2v) is 7.17. The van der Waals surface area contributed by atoms with E-state index in [1.165, 1.54) is 24.3 Å². The number of fused-ring (bicyclic) bond motifs is 3. The van der Waals surface area contributed by atoms with Gasteiger partial charge in [-0.25, -0.2) is 0 Å². The molecule has 1 aliphatic heterocycles. The van der Waals surface area contributed by atoms with Crippen molar-refractivity contribution in [1.82, 2.24) is 0 Å². The molecule has 0 saturated heterocycles. The fraction of sp³-hybridized carbons (Fsp3) is 0.0833. The number of aromatic hydroxyl groups is 2. The minimum absolute atomic E-state index is 0.0372. The third-order valence-electron chi connectivity index (χ3n) is 5.28. The number of phenolic OH excluding ortho intramolecular Hbond substituents is 2. The summed E-state index contributed by atoms with van der Waals surface area (Å²) in [6.07, 6.45) is 0.0873. The SMILES string of the molecule is O=C1C[C@H](c2ccccc2)c2c(cc(O)c3c(=O)cc(-c4ccc(O)cc4)oc23)O1. The van der Waals surface area contributed by atoms with Gasteiger partial charge in [0.1, 0.15) is 34.0 Å². The van der Waals surface area contributed by atoms with Crippen molar-refractivity contribution in [3.63, 3.8) is 0 Å². The molecule has 0 amide bonds. The molecular weight excluding hydrogens is 384 g/mol. The Hall–Kier alpha value is -4.06. The molecule has 4 aromatic rings. The lowest BCUT2D eigenvalue weighted by molar-refractivity contribution is -0.135. The lowest BCUT2D eigenvalue weighted by Gasteiger charge is -2.26. The Bertz CT molecular complexity index is 1340. The lowest BCUT2D eigenvalue weighted by atomic mass is 9.85. The van der Waals surface area contributed by atoms with Crippen molar-refractivity contribution < 1.29 is 24.2 Å². The van der Waals surface area contributed by atoms with E-state index >= 15 is 0 Å². The highest BCUT2D eigenvalue weighted by molar-refractivity contribution is 5.93.